The van der Waals surface area contributed by atoms with Crippen molar-refractivity contribution in [2.24, 2.45) is 0 Å². The lowest BCUT2D eigenvalue weighted by Gasteiger charge is -2.28. The highest BCUT2D eigenvalue weighted by molar-refractivity contribution is 5.87. The first-order valence-corrected chi connectivity index (χ1v) is 4.63. The summed E-state index contributed by atoms with van der Waals surface area (Å²) in [5.74, 6) is -0.773. The first-order valence-electron chi connectivity index (χ1n) is 4.63. The van der Waals surface area contributed by atoms with Crippen LogP contribution in [0.2, 0.25) is 0 Å². The van der Waals surface area contributed by atoms with Gasteiger partial charge in [0.05, 0.1) is 0 Å². The quantitative estimate of drug-likeness (QED) is 0.605. The van der Waals surface area contributed by atoms with Gasteiger partial charge in [-0.2, -0.15) is 13.2 Å². The third-order valence-electron chi connectivity index (χ3n) is 1.95. The van der Waals surface area contributed by atoms with E-state index in [2.05, 4.69) is 11.3 Å². The summed E-state index contributed by atoms with van der Waals surface area (Å²) in [6, 6.07) is 0. The Morgan fingerprint density at radius 3 is 2.25 bits per heavy atom. The molecule has 0 aromatic heterocycles. The Kier molecular flexibility index (Phi) is 4.55. The minimum Gasteiger partial charge on any atom is -0.459 e. The summed E-state index contributed by atoms with van der Waals surface area (Å²) in [7, 11) is 0. The van der Waals surface area contributed by atoms with Crippen molar-refractivity contribution in [2.45, 2.75) is 45.1 Å². The molecule has 3 nitrogen and oxygen atoms in total. The topological polar surface area (TPSA) is 46.5 Å². The van der Waals surface area contributed by atoms with Crippen molar-refractivity contribution in [3.05, 3.63) is 12.2 Å². The molecule has 0 saturated heterocycles. The molecule has 0 amide bonds. The number of rotatable bonds is 4. The van der Waals surface area contributed by atoms with E-state index >= 15 is 0 Å². The van der Waals surface area contributed by atoms with Gasteiger partial charge in [0.15, 0.2) is 5.60 Å². The lowest BCUT2D eigenvalue weighted by atomic mass is 9.98. The Bertz CT molecular complexity index is 282. The average Bonchev–Trinajstić information content (AvgIpc) is 1.99. The van der Waals surface area contributed by atoms with Gasteiger partial charge in [0.25, 0.3) is 0 Å². The summed E-state index contributed by atoms with van der Waals surface area (Å²) in [5, 5.41) is 9.13. The molecule has 0 aliphatic rings. The fourth-order valence-electron chi connectivity index (χ4n) is 1.00. The summed E-state index contributed by atoms with van der Waals surface area (Å²) in [5.41, 5.74) is -2.78. The molecule has 2 unspecified atom stereocenters. The second kappa shape index (κ2) is 4.86. The molecule has 2 atom stereocenters. The van der Waals surface area contributed by atoms with Crippen molar-refractivity contribution in [3.63, 3.8) is 0 Å². The number of hydrogen-bond acceptors (Lipinski definition) is 3. The van der Waals surface area contributed by atoms with Crippen LogP contribution in [-0.4, -0.2) is 29.0 Å². The van der Waals surface area contributed by atoms with E-state index in [0.29, 0.717) is 6.92 Å². The number of esters is 1. The van der Waals surface area contributed by atoms with Gasteiger partial charge in [0.2, 0.25) is 0 Å². The van der Waals surface area contributed by atoms with Crippen molar-refractivity contribution in [1.82, 2.24) is 0 Å². The van der Waals surface area contributed by atoms with Gasteiger partial charge in [-0.3, -0.25) is 0 Å². The van der Waals surface area contributed by atoms with Crippen LogP contribution in [0.5, 0.6) is 0 Å². The van der Waals surface area contributed by atoms with E-state index < -0.39 is 30.3 Å². The number of hydrogen-bond donors (Lipinski definition) is 1. The molecule has 16 heavy (non-hydrogen) atoms. The number of carbonyl (C=O) groups is 1. The Hall–Kier alpha value is -1.04. The fraction of sp³-hybridized carbons (Fsp3) is 0.700. The standard InChI is InChI=1S/C10H15F3O3/c1-6(2)8(14)16-7(3)5-9(4,15)10(11,12)13/h7,15H,1,5H2,2-4H3. The van der Waals surface area contributed by atoms with Gasteiger partial charge in [-0.05, 0) is 20.8 Å². The highest BCUT2D eigenvalue weighted by Gasteiger charge is 2.50. The number of halogens is 3. The first-order chi connectivity index (χ1) is 6.97. The van der Waals surface area contributed by atoms with Crippen LogP contribution in [0.25, 0.3) is 0 Å². The predicted molar refractivity (Wildman–Crippen MR) is 51.7 cm³/mol. The van der Waals surface area contributed by atoms with E-state index in [1.165, 1.54) is 13.8 Å². The van der Waals surface area contributed by atoms with Crippen LogP contribution in [0.3, 0.4) is 0 Å². The van der Waals surface area contributed by atoms with E-state index in [-0.39, 0.29) is 5.57 Å². The molecule has 0 spiro atoms. The molecule has 0 rings (SSSR count). The molecule has 0 fully saturated rings. The normalized spacial score (nSPS) is 17.4. The van der Waals surface area contributed by atoms with Crippen LogP contribution in [0, 0.1) is 0 Å². The Labute approximate surface area is 91.9 Å². The van der Waals surface area contributed by atoms with Crippen LogP contribution >= 0.6 is 0 Å². The SMILES string of the molecule is C=C(C)C(=O)OC(C)CC(C)(O)C(F)(F)F. The molecular formula is C10H15F3O3. The van der Waals surface area contributed by atoms with E-state index in [0.717, 1.165) is 0 Å². The first kappa shape index (κ1) is 15.0. The van der Waals surface area contributed by atoms with Gasteiger partial charge in [0.1, 0.15) is 6.10 Å². The highest BCUT2D eigenvalue weighted by Crippen LogP contribution is 2.34. The zero-order valence-electron chi connectivity index (χ0n) is 9.39. The van der Waals surface area contributed by atoms with Crippen molar-refractivity contribution in [3.8, 4) is 0 Å². The van der Waals surface area contributed by atoms with Crippen LogP contribution < -0.4 is 0 Å². The van der Waals surface area contributed by atoms with E-state index in [9.17, 15) is 18.0 Å². The molecule has 0 aromatic carbocycles. The fourth-order valence-corrected chi connectivity index (χ4v) is 1.00. The van der Waals surface area contributed by atoms with Gasteiger partial charge >= 0.3 is 12.1 Å². The Morgan fingerprint density at radius 2 is 1.94 bits per heavy atom. The van der Waals surface area contributed by atoms with Gasteiger partial charge in [-0.15, -0.1) is 0 Å². The molecule has 0 radical (unpaired) electrons. The minimum atomic E-state index is -4.75. The smallest absolute Gasteiger partial charge is 0.417 e. The molecular weight excluding hydrogens is 225 g/mol. The van der Waals surface area contributed by atoms with Crippen LogP contribution in [0.4, 0.5) is 13.2 Å². The van der Waals surface area contributed by atoms with Crippen LogP contribution in [0.15, 0.2) is 12.2 Å². The number of carbonyl (C=O) groups excluding carboxylic acids is 1. The number of aliphatic hydroxyl groups is 1. The maximum absolute atomic E-state index is 12.3. The molecule has 0 saturated carbocycles. The number of ether oxygens (including phenoxy) is 1. The molecule has 0 aliphatic heterocycles. The van der Waals surface area contributed by atoms with Gasteiger partial charge in [-0.25, -0.2) is 4.79 Å². The highest BCUT2D eigenvalue weighted by atomic mass is 19.4. The maximum atomic E-state index is 12.3. The van der Waals surface area contributed by atoms with Gasteiger partial charge in [-0.1, -0.05) is 6.58 Å². The summed E-state index contributed by atoms with van der Waals surface area (Å²) in [6.45, 7) is 6.60. The molecule has 0 aliphatic carbocycles. The third kappa shape index (κ3) is 4.22. The summed E-state index contributed by atoms with van der Waals surface area (Å²) in [6.07, 6.45) is -6.51. The minimum absolute atomic E-state index is 0.0958. The van der Waals surface area contributed by atoms with E-state index in [1.807, 2.05) is 0 Å². The third-order valence-corrected chi connectivity index (χ3v) is 1.95. The molecule has 1 N–H and O–H groups in total. The lowest BCUT2D eigenvalue weighted by molar-refractivity contribution is -0.261. The Morgan fingerprint density at radius 1 is 1.50 bits per heavy atom. The molecule has 94 valence electrons. The van der Waals surface area contributed by atoms with E-state index in [4.69, 9.17) is 5.11 Å². The van der Waals surface area contributed by atoms with Gasteiger partial charge < -0.3 is 9.84 Å². The van der Waals surface area contributed by atoms with Crippen molar-refractivity contribution >= 4 is 5.97 Å². The summed E-state index contributed by atoms with van der Waals surface area (Å²) < 4.78 is 41.5. The Balaban J connectivity index is 4.41. The zero-order chi connectivity index (χ0) is 13.1. The zero-order valence-corrected chi connectivity index (χ0v) is 9.39. The largest absolute Gasteiger partial charge is 0.459 e. The maximum Gasteiger partial charge on any atom is 0.417 e. The van der Waals surface area contributed by atoms with Crippen LogP contribution in [0.1, 0.15) is 27.2 Å². The molecule has 0 bridgehead atoms. The molecule has 0 heterocycles. The second-order valence-corrected chi connectivity index (χ2v) is 3.97. The van der Waals surface area contributed by atoms with Crippen molar-refractivity contribution in [1.29, 1.82) is 0 Å². The molecule has 0 aromatic rings. The van der Waals surface area contributed by atoms with Crippen LogP contribution in [-0.2, 0) is 9.53 Å². The monoisotopic (exact) mass is 240 g/mol. The predicted octanol–water partition coefficient (Wildman–Crippen LogP) is 2.20. The second-order valence-electron chi connectivity index (χ2n) is 3.97. The summed E-state index contributed by atoms with van der Waals surface area (Å²) >= 11 is 0. The summed E-state index contributed by atoms with van der Waals surface area (Å²) in [4.78, 5) is 11.0. The lowest BCUT2D eigenvalue weighted by Crippen LogP contribution is -2.45. The van der Waals surface area contributed by atoms with E-state index in [1.54, 1.807) is 0 Å². The van der Waals surface area contributed by atoms with Crippen molar-refractivity contribution < 1.29 is 27.8 Å². The van der Waals surface area contributed by atoms with Crippen molar-refractivity contribution in [2.75, 3.05) is 0 Å². The average molecular weight is 240 g/mol. The number of alkyl halides is 3. The molecule has 6 heteroatoms. The van der Waals surface area contributed by atoms with Gasteiger partial charge in [0, 0.05) is 12.0 Å².